The van der Waals surface area contributed by atoms with Gasteiger partial charge in [0.25, 0.3) is 0 Å². The average molecular weight is 869 g/mol. The second-order valence-corrected chi connectivity index (χ2v) is 19.6. The molecule has 0 aliphatic carbocycles. The highest BCUT2D eigenvalue weighted by Crippen LogP contribution is 2.44. The zero-order chi connectivity index (χ0) is 41.9. The highest BCUT2D eigenvalue weighted by molar-refractivity contribution is 7.27. The molecule has 64 heavy (non-hydrogen) atoms. The van der Waals surface area contributed by atoms with Crippen LogP contribution in [-0.2, 0) is 0 Å². The van der Waals surface area contributed by atoms with Crippen LogP contribution in [0.1, 0.15) is 0 Å². The first-order chi connectivity index (χ1) is 31.7. The molecular weight excluding hydrogens is 837 g/mol. The summed E-state index contributed by atoms with van der Waals surface area (Å²) in [5, 5.41) is 10.2. The van der Waals surface area contributed by atoms with Gasteiger partial charge in [0.2, 0.25) is 0 Å². The third-order valence-electron chi connectivity index (χ3n) is 12.6. The largest absolute Gasteiger partial charge is 0.309 e. The number of hydrogen-bond acceptors (Lipinski definition) is 6. The molecule has 0 saturated heterocycles. The summed E-state index contributed by atoms with van der Waals surface area (Å²) in [5.41, 5.74) is 8.83. The molecular formula is C57H32N4S3. The maximum absolute atomic E-state index is 5.05. The molecule has 0 radical (unpaired) electrons. The third kappa shape index (κ3) is 5.61. The quantitative estimate of drug-likeness (QED) is 0.173. The molecule has 9 aromatic carbocycles. The fourth-order valence-electron chi connectivity index (χ4n) is 9.59. The zero-order valence-electron chi connectivity index (χ0n) is 34.0. The fourth-order valence-corrected chi connectivity index (χ4v) is 12.9. The van der Waals surface area contributed by atoms with Gasteiger partial charge in [0, 0.05) is 93.7 Å². The number of aromatic nitrogens is 4. The topological polar surface area (TPSA) is 43.6 Å². The van der Waals surface area contributed by atoms with E-state index < -0.39 is 0 Å². The monoisotopic (exact) mass is 868 g/mol. The molecule has 0 atom stereocenters. The lowest BCUT2D eigenvalue weighted by atomic mass is 10.0. The molecule has 14 rings (SSSR count). The van der Waals surface area contributed by atoms with Crippen molar-refractivity contribution < 1.29 is 0 Å². The van der Waals surface area contributed by atoms with Gasteiger partial charge in [0.05, 0.1) is 11.0 Å². The standard InChI is InChI=1S/C57H32N4S3/c1-3-11-33(12-4-1)55-58-56(34-13-5-2-6-14-34)60-57(59-55)37-21-25-50-43(29-37)44-30-38(22-26-52(44)62-50)61-47-17-9-7-15-39(47)41-27-35(19-23-48(41)61)36-20-24-51-42(28-36)46-32-53-45(31-54(46)64-51)40-16-8-10-18-49(40)63-53/h1-32H. The van der Waals surface area contributed by atoms with Gasteiger partial charge < -0.3 is 4.57 Å². The highest BCUT2D eigenvalue weighted by Gasteiger charge is 2.18. The molecule has 0 bridgehead atoms. The number of hydrogen-bond donors (Lipinski definition) is 0. The Kier molecular flexibility index (Phi) is 7.86. The molecule has 7 heteroatoms. The molecule has 5 heterocycles. The molecule has 0 unspecified atom stereocenters. The summed E-state index contributed by atoms with van der Waals surface area (Å²) in [4.78, 5) is 15.0. The average Bonchev–Trinajstić information content (AvgIpc) is 4.11. The first kappa shape index (κ1) is 36.0. The number of thiophene rings is 3. The van der Waals surface area contributed by atoms with Gasteiger partial charge in [-0.3, -0.25) is 0 Å². The lowest BCUT2D eigenvalue weighted by Gasteiger charge is -2.10. The first-order valence-electron chi connectivity index (χ1n) is 21.3. The Labute approximate surface area is 378 Å². The normalized spacial score (nSPS) is 12.1. The van der Waals surface area contributed by atoms with Gasteiger partial charge in [-0.25, -0.2) is 15.0 Å². The summed E-state index contributed by atoms with van der Waals surface area (Å²) in [6, 6.07) is 70.2. The molecule has 0 N–H and O–H groups in total. The lowest BCUT2D eigenvalue weighted by molar-refractivity contribution is 1.07. The Morgan fingerprint density at radius 2 is 0.703 bits per heavy atom. The molecule has 0 spiro atoms. The van der Waals surface area contributed by atoms with Gasteiger partial charge in [-0.1, -0.05) is 109 Å². The van der Waals surface area contributed by atoms with E-state index in [1.807, 2.05) is 70.4 Å². The van der Waals surface area contributed by atoms with Crippen molar-refractivity contribution >= 4 is 116 Å². The predicted molar refractivity (Wildman–Crippen MR) is 275 cm³/mol. The van der Waals surface area contributed by atoms with Crippen LogP contribution in [0.4, 0.5) is 0 Å². The van der Waals surface area contributed by atoms with E-state index in [0.29, 0.717) is 17.5 Å². The van der Waals surface area contributed by atoms with Crippen molar-refractivity contribution in [1.82, 2.24) is 19.5 Å². The third-order valence-corrected chi connectivity index (χ3v) is 16.1. The van der Waals surface area contributed by atoms with E-state index >= 15 is 0 Å². The van der Waals surface area contributed by atoms with E-state index in [4.69, 9.17) is 15.0 Å². The minimum Gasteiger partial charge on any atom is -0.309 e. The summed E-state index contributed by atoms with van der Waals surface area (Å²) in [6.07, 6.45) is 0. The van der Waals surface area contributed by atoms with E-state index in [2.05, 4.69) is 162 Å². The molecule has 0 aliphatic heterocycles. The number of fused-ring (bicyclic) bond motifs is 12. The Balaban J connectivity index is 0.889. The molecule has 0 fully saturated rings. The van der Waals surface area contributed by atoms with Crippen molar-refractivity contribution in [3.63, 3.8) is 0 Å². The van der Waals surface area contributed by atoms with Crippen LogP contribution < -0.4 is 0 Å². The maximum atomic E-state index is 5.05. The summed E-state index contributed by atoms with van der Waals surface area (Å²) in [5.74, 6) is 1.97. The van der Waals surface area contributed by atoms with E-state index in [-0.39, 0.29) is 0 Å². The van der Waals surface area contributed by atoms with Crippen LogP contribution in [0.25, 0.3) is 133 Å². The summed E-state index contributed by atoms with van der Waals surface area (Å²) < 4.78 is 10.3. The Morgan fingerprint density at radius 1 is 0.266 bits per heavy atom. The Hall–Kier alpha value is -7.55. The van der Waals surface area contributed by atoms with Gasteiger partial charge in [0.15, 0.2) is 17.5 Å². The number of nitrogens with zero attached hydrogens (tertiary/aromatic N) is 4. The van der Waals surface area contributed by atoms with Gasteiger partial charge in [0.1, 0.15) is 0 Å². The van der Waals surface area contributed by atoms with E-state index in [9.17, 15) is 0 Å². The second kappa shape index (κ2) is 14.0. The number of rotatable bonds is 5. The van der Waals surface area contributed by atoms with Crippen LogP contribution >= 0.6 is 34.0 Å². The lowest BCUT2D eigenvalue weighted by Crippen LogP contribution is -2.00. The van der Waals surface area contributed by atoms with Crippen LogP contribution in [0.5, 0.6) is 0 Å². The maximum Gasteiger partial charge on any atom is 0.164 e. The van der Waals surface area contributed by atoms with Crippen LogP contribution in [0.2, 0.25) is 0 Å². The van der Waals surface area contributed by atoms with Crippen LogP contribution in [0.3, 0.4) is 0 Å². The Bertz CT molecular complexity index is 4140. The van der Waals surface area contributed by atoms with Crippen LogP contribution in [0, 0.1) is 0 Å². The molecule has 0 aliphatic rings. The van der Waals surface area contributed by atoms with Crippen LogP contribution in [0.15, 0.2) is 194 Å². The van der Waals surface area contributed by atoms with Gasteiger partial charge in [-0.05, 0) is 96.1 Å². The minimum absolute atomic E-state index is 0.656. The summed E-state index contributed by atoms with van der Waals surface area (Å²) >= 11 is 5.60. The summed E-state index contributed by atoms with van der Waals surface area (Å²) in [6.45, 7) is 0. The summed E-state index contributed by atoms with van der Waals surface area (Å²) in [7, 11) is 0. The molecule has 298 valence electrons. The molecule has 4 nitrogen and oxygen atoms in total. The van der Waals surface area contributed by atoms with Gasteiger partial charge in [-0.2, -0.15) is 0 Å². The number of para-hydroxylation sites is 1. The fraction of sp³-hybridized carbons (Fsp3) is 0. The zero-order valence-corrected chi connectivity index (χ0v) is 36.4. The SMILES string of the molecule is c1ccc(-c2nc(-c3ccccc3)nc(-c3ccc4sc5ccc(-n6c7ccccc7c7cc(-c8ccc9sc%10cc%11c(cc%10c9c8)sc8ccccc8%11)ccc76)cc5c4c3)n2)cc1. The second-order valence-electron chi connectivity index (χ2n) is 16.4. The molecule has 14 aromatic rings. The first-order valence-corrected chi connectivity index (χ1v) is 23.8. The van der Waals surface area contributed by atoms with Gasteiger partial charge >= 0.3 is 0 Å². The van der Waals surface area contributed by atoms with Crippen molar-refractivity contribution in [2.24, 2.45) is 0 Å². The molecule has 5 aromatic heterocycles. The smallest absolute Gasteiger partial charge is 0.164 e. The van der Waals surface area contributed by atoms with Crippen LogP contribution in [-0.4, -0.2) is 19.5 Å². The van der Waals surface area contributed by atoms with Crippen molar-refractivity contribution in [3.05, 3.63) is 194 Å². The van der Waals surface area contributed by atoms with E-state index in [0.717, 1.165) is 22.4 Å². The minimum atomic E-state index is 0.656. The predicted octanol–water partition coefficient (Wildman–Crippen LogP) is 16.7. The van der Waals surface area contributed by atoms with Crippen molar-refractivity contribution in [2.45, 2.75) is 0 Å². The van der Waals surface area contributed by atoms with Crippen molar-refractivity contribution in [3.8, 4) is 51.0 Å². The highest BCUT2D eigenvalue weighted by atomic mass is 32.1. The number of benzene rings is 9. The Morgan fingerprint density at radius 3 is 1.39 bits per heavy atom. The molecule has 0 amide bonds. The van der Waals surface area contributed by atoms with Crippen molar-refractivity contribution in [2.75, 3.05) is 0 Å². The van der Waals surface area contributed by atoms with E-state index in [1.54, 1.807) is 0 Å². The van der Waals surface area contributed by atoms with Gasteiger partial charge in [-0.15, -0.1) is 34.0 Å². The molecule has 0 saturated carbocycles. The van der Waals surface area contributed by atoms with Crippen molar-refractivity contribution in [1.29, 1.82) is 0 Å². The van der Waals surface area contributed by atoms with E-state index in [1.165, 1.54) is 93.4 Å².